The number of hydrogen-bond acceptors (Lipinski definition) is 3. The van der Waals surface area contributed by atoms with Crippen LogP contribution < -0.4 is 0 Å². The summed E-state index contributed by atoms with van der Waals surface area (Å²) < 4.78 is 0. The number of nitrogens with zero attached hydrogens (tertiary/aromatic N) is 1. The Labute approximate surface area is 142 Å². The highest BCUT2D eigenvalue weighted by Crippen LogP contribution is 2.29. The second-order valence-corrected chi connectivity index (χ2v) is 7.15. The highest BCUT2D eigenvalue weighted by Gasteiger charge is 2.15. The van der Waals surface area contributed by atoms with Crippen molar-refractivity contribution in [2.24, 2.45) is 0 Å². The summed E-state index contributed by atoms with van der Waals surface area (Å²) in [6.45, 7) is 9.93. The summed E-state index contributed by atoms with van der Waals surface area (Å²) in [7, 11) is 0. The maximum absolute atomic E-state index is 11.1. The summed E-state index contributed by atoms with van der Waals surface area (Å²) in [5.41, 5.74) is 4.38. The van der Waals surface area contributed by atoms with E-state index >= 15 is 0 Å². The number of benzene rings is 2. The molecule has 0 aliphatic carbocycles. The van der Waals surface area contributed by atoms with Crippen molar-refractivity contribution in [3.8, 4) is 5.75 Å². The first kappa shape index (κ1) is 17.7. The van der Waals surface area contributed by atoms with Gasteiger partial charge in [-0.3, -0.25) is 10.1 Å². The smallest absolute Gasteiger partial charge is 0.272 e. The van der Waals surface area contributed by atoms with Gasteiger partial charge >= 0.3 is 0 Å². The molecule has 126 valence electrons. The van der Waals surface area contributed by atoms with E-state index in [0.717, 1.165) is 22.3 Å². The Morgan fingerprint density at radius 3 is 2.25 bits per heavy atom. The van der Waals surface area contributed by atoms with Crippen molar-refractivity contribution in [2.75, 3.05) is 0 Å². The van der Waals surface area contributed by atoms with E-state index in [0.29, 0.717) is 5.56 Å². The van der Waals surface area contributed by atoms with E-state index in [4.69, 9.17) is 0 Å². The molecule has 0 aromatic heterocycles. The SMILES string of the molecule is Cc1cc(C)c([N+](=O)[O-])cc1/C=C/c1cc(O)cc(C(C)(C)C)c1. The van der Waals surface area contributed by atoms with Gasteiger partial charge in [-0.05, 0) is 59.7 Å². The Balaban J connectivity index is 2.43. The summed E-state index contributed by atoms with van der Waals surface area (Å²) in [4.78, 5) is 10.7. The molecule has 4 nitrogen and oxygen atoms in total. The van der Waals surface area contributed by atoms with Crippen LogP contribution in [0.1, 0.15) is 48.6 Å². The van der Waals surface area contributed by atoms with Gasteiger partial charge in [0.05, 0.1) is 4.92 Å². The van der Waals surface area contributed by atoms with Crippen LogP contribution in [0.5, 0.6) is 5.75 Å². The van der Waals surface area contributed by atoms with E-state index in [9.17, 15) is 15.2 Å². The lowest BCUT2D eigenvalue weighted by Gasteiger charge is -2.19. The first-order valence-corrected chi connectivity index (χ1v) is 7.86. The van der Waals surface area contributed by atoms with Crippen LogP contribution in [-0.4, -0.2) is 10.0 Å². The van der Waals surface area contributed by atoms with Gasteiger partial charge in [-0.15, -0.1) is 0 Å². The van der Waals surface area contributed by atoms with Gasteiger partial charge in [0.15, 0.2) is 0 Å². The minimum Gasteiger partial charge on any atom is -0.508 e. The van der Waals surface area contributed by atoms with Crippen molar-refractivity contribution >= 4 is 17.8 Å². The molecule has 0 aliphatic heterocycles. The van der Waals surface area contributed by atoms with E-state index < -0.39 is 0 Å². The number of hydrogen-bond donors (Lipinski definition) is 1. The van der Waals surface area contributed by atoms with E-state index in [1.807, 2.05) is 31.2 Å². The third kappa shape index (κ3) is 4.02. The monoisotopic (exact) mass is 325 g/mol. The molecule has 0 aliphatic rings. The molecule has 0 amide bonds. The number of nitro groups is 1. The lowest BCUT2D eigenvalue weighted by molar-refractivity contribution is -0.385. The standard InChI is InChI=1S/C20H23NO3/c1-13-8-14(2)19(21(23)24)11-16(13)7-6-15-9-17(20(3,4)5)12-18(22)10-15/h6-12,22H,1-5H3/b7-6+. The quantitative estimate of drug-likeness (QED) is 0.468. The van der Waals surface area contributed by atoms with Crippen molar-refractivity contribution in [2.45, 2.75) is 40.0 Å². The summed E-state index contributed by atoms with van der Waals surface area (Å²) in [5, 5.41) is 21.0. The topological polar surface area (TPSA) is 63.4 Å². The van der Waals surface area contributed by atoms with Crippen molar-refractivity contribution < 1.29 is 10.0 Å². The zero-order valence-electron chi connectivity index (χ0n) is 14.8. The summed E-state index contributed by atoms with van der Waals surface area (Å²) >= 11 is 0. The molecule has 1 N–H and O–H groups in total. The molecule has 0 saturated carbocycles. The van der Waals surface area contributed by atoms with E-state index in [1.54, 1.807) is 25.1 Å². The molecular formula is C20H23NO3. The first-order chi connectivity index (χ1) is 11.1. The van der Waals surface area contributed by atoms with Crippen LogP contribution in [0.2, 0.25) is 0 Å². The highest BCUT2D eigenvalue weighted by molar-refractivity contribution is 5.73. The van der Waals surface area contributed by atoms with Crippen molar-refractivity contribution in [1.82, 2.24) is 0 Å². The van der Waals surface area contributed by atoms with Gasteiger partial charge in [0.1, 0.15) is 5.75 Å². The number of aromatic hydroxyl groups is 1. The number of phenolic OH excluding ortho intramolecular Hbond substituents is 1. The van der Waals surface area contributed by atoms with Crippen LogP contribution >= 0.6 is 0 Å². The lowest BCUT2D eigenvalue weighted by Crippen LogP contribution is -2.10. The van der Waals surface area contributed by atoms with Crippen LogP contribution in [0.25, 0.3) is 12.2 Å². The summed E-state index contributed by atoms with van der Waals surface area (Å²) in [5.74, 6) is 0.216. The molecule has 24 heavy (non-hydrogen) atoms. The van der Waals surface area contributed by atoms with Gasteiger partial charge in [0, 0.05) is 11.6 Å². The predicted molar refractivity (Wildman–Crippen MR) is 98.3 cm³/mol. The zero-order chi connectivity index (χ0) is 18.1. The fourth-order valence-corrected chi connectivity index (χ4v) is 2.58. The Morgan fingerprint density at radius 1 is 1.00 bits per heavy atom. The fourth-order valence-electron chi connectivity index (χ4n) is 2.58. The summed E-state index contributed by atoms with van der Waals surface area (Å²) in [6.07, 6.45) is 3.72. The molecule has 0 atom stereocenters. The van der Waals surface area contributed by atoms with E-state index in [1.165, 1.54) is 0 Å². The minimum atomic E-state index is -0.363. The third-order valence-corrected chi connectivity index (χ3v) is 4.04. The van der Waals surface area contributed by atoms with Gasteiger partial charge in [-0.1, -0.05) is 39.0 Å². The molecule has 2 aromatic carbocycles. The van der Waals surface area contributed by atoms with Gasteiger partial charge in [-0.25, -0.2) is 0 Å². The lowest BCUT2D eigenvalue weighted by atomic mass is 9.86. The Bertz CT molecular complexity index is 814. The second-order valence-electron chi connectivity index (χ2n) is 7.15. The zero-order valence-corrected chi connectivity index (χ0v) is 14.8. The van der Waals surface area contributed by atoms with Gasteiger partial charge in [-0.2, -0.15) is 0 Å². The maximum Gasteiger partial charge on any atom is 0.272 e. The van der Waals surface area contributed by atoms with Gasteiger partial charge in [0.25, 0.3) is 5.69 Å². The molecule has 0 saturated heterocycles. The molecular weight excluding hydrogens is 302 g/mol. The average molecular weight is 325 g/mol. The Hall–Kier alpha value is -2.62. The molecule has 2 aromatic rings. The molecule has 0 unspecified atom stereocenters. The molecule has 0 radical (unpaired) electrons. The van der Waals surface area contributed by atoms with Crippen molar-refractivity contribution in [1.29, 1.82) is 0 Å². The summed E-state index contributed by atoms with van der Waals surface area (Å²) in [6, 6.07) is 8.88. The molecule has 0 spiro atoms. The normalized spacial score (nSPS) is 11.9. The van der Waals surface area contributed by atoms with Crippen LogP contribution in [0.3, 0.4) is 0 Å². The minimum absolute atomic E-state index is 0.0696. The number of rotatable bonds is 3. The van der Waals surface area contributed by atoms with Crippen LogP contribution in [0.15, 0.2) is 30.3 Å². The van der Waals surface area contributed by atoms with Crippen LogP contribution in [0, 0.1) is 24.0 Å². The van der Waals surface area contributed by atoms with Crippen molar-refractivity contribution in [3.63, 3.8) is 0 Å². The molecule has 2 rings (SSSR count). The number of nitro benzene ring substituents is 1. The third-order valence-electron chi connectivity index (χ3n) is 4.04. The van der Waals surface area contributed by atoms with Crippen molar-refractivity contribution in [3.05, 3.63) is 68.3 Å². The van der Waals surface area contributed by atoms with E-state index in [-0.39, 0.29) is 21.8 Å². The molecule has 0 fully saturated rings. The highest BCUT2D eigenvalue weighted by atomic mass is 16.6. The Kier molecular flexibility index (Phi) is 4.78. The van der Waals surface area contributed by atoms with E-state index in [2.05, 4.69) is 20.8 Å². The Morgan fingerprint density at radius 2 is 1.67 bits per heavy atom. The van der Waals surface area contributed by atoms with Crippen LogP contribution in [-0.2, 0) is 5.41 Å². The fraction of sp³-hybridized carbons (Fsp3) is 0.300. The van der Waals surface area contributed by atoms with Crippen LogP contribution in [0.4, 0.5) is 5.69 Å². The van der Waals surface area contributed by atoms with Gasteiger partial charge in [0.2, 0.25) is 0 Å². The first-order valence-electron chi connectivity index (χ1n) is 7.86. The molecule has 4 heteroatoms. The molecule has 0 heterocycles. The largest absolute Gasteiger partial charge is 0.508 e. The van der Waals surface area contributed by atoms with Gasteiger partial charge < -0.3 is 5.11 Å². The predicted octanol–water partition coefficient (Wildman–Crippen LogP) is 5.39. The maximum atomic E-state index is 11.1. The average Bonchev–Trinajstić information content (AvgIpc) is 2.44. The molecule has 0 bridgehead atoms. The second kappa shape index (κ2) is 6.48. The number of aryl methyl sites for hydroxylation is 2. The number of phenols is 1.